The molecule has 118 valence electrons. The van der Waals surface area contributed by atoms with Gasteiger partial charge in [-0.05, 0) is 24.3 Å². The van der Waals surface area contributed by atoms with Crippen LogP contribution in [-0.2, 0) is 9.59 Å². The number of esters is 2. The molecule has 0 atom stereocenters. The second kappa shape index (κ2) is 7.76. The molecule has 2 aromatic carbocycles. The van der Waals surface area contributed by atoms with Crippen molar-refractivity contribution in [1.29, 1.82) is 0 Å². The van der Waals surface area contributed by atoms with Crippen molar-refractivity contribution in [2.75, 3.05) is 0 Å². The van der Waals surface area contributed by atoms with Gasteiger partial charge >= 0.3 is 11.9 Å². The van der Waals surface area contributed by atoms with Crippen molar-refractivity contribution < 1.29 is 23.5 Å². The fourth-order valence-electron chi connectivity index (χ4n) is 1.52. The summed E-state index contributed by atoms with van der Waals surface area (Å²) in [5, 5.41) is 0.293. The third-order valence-electron chi connectivity index (χ3n) is 2.52. The van der Waals surface area contributed by atoms with Crippen LogP contribution in [0.2, 0.25) is 10.0 Å². The summed E-state index contributed by atoms with van der Waals surface area (Å²) in [5.41, 5.74) is 0. The van der Waals surface area contributed by atoms with Gasteiger partial charge in [-0.3, -0.25) is 0 Å². The number of carbonyl (C=O) groups is 2. The molecule has 23 heavy (non-hydrogen) atoms. The first-order valence-electron chi connectivity index (χ1n) is 6.27. The third-order valence-corrected chi connectivity index (χ3v) is 3.12. The lowest BCUT2D eigenvalue weighted by Crippen LogP contribution is -2.09. The lowest BCUT2D eigenvalue weighted by atomic mass is 10.3. The van der Waals surface area contributed by atoms with Crippen molar-refractivity contribution in [3.8, 4) is 11.5 Å². The van der Waals surface area contributed by atoms with Gasteiger partial charge in [0, 0.05) is 12.2 Å². The van der Waals surface area contributed by atoms with Crippen molar-refractivity contribution in [2.45, 2.75) is 0 Å². The number of halogens is 3. The fraction of sp³-hybridized carbons (Fsp3) is 0. The van der Waals surface area contributed by atoms with Crippen molar-refractivity contribution in [1.82, 2.24) is 0 Å². The number of para-hydroxylation sites is 2. The predicted molar refractivity (Wildman–Crippen MR) is 83.3 cm³/mol. The van der Waals surface area contributed by atoms with Crippen LogP contribution in [-0.4, -0.2) is 11.9 Å². The maximum Gasteiger partial charge on any atom is 0.336 e. The van der Waals surface area contributed by atoms with Crippen LogP contribution in [0.3, 0.4) is 0 Å². The minimum atomic E-state index is -0.933. The third kappa shape index (κ3) is 4.81. The molecule has 4 nitrogen and oxygen atoms in total. The van der Waals surface area contributed by atoms with Crippen LogP contribution in [0.25, 0.3) is 0 Å². The first kappa shape index (κ1) is 17.0. The van der Waals surface area contributed by atoms with Gasteiger partial charge < -0.3 is 9.47 Å². The van der Waals surface area contributed by atoms with Crippen molar-refractivity contribution in [3.63, 3.8) is 0 Å². The normalized spacial score (nSPS) is 10.6. The maximum absolute atomic E-state index is 13.3. The molecule has 0 aliphatic carbocycles. The van der Waals surface area contributed by atoms with Crippen LogP contribution in [0.1, 0.15) is 0 Å². The van der Waals surface area contributed by atoms with E-state index in [1.807, 2.05) is 0 Å². The summed E-state index contributed by atoms with van der Waals surface area (Å²) in [7, 11) is 0. The number of rotatable bonds is 4. The zero-order chi connectivity index (χ0) is 16.8. The molecule has 0 amide bonds. The van der Waals surface area contributed by atoms with E-state index in [1.165, 1.54) is 30.3 Å². The molecule has 2 rings (SSSR count). The lowest BCUT2D eigenvalue weighted by Gasteiger charge is -2.05. The Morgan fingerprint density at radius 2 is 1.43 bits per heavy atom. The van der Waals surface area contributed by atoms with Gasteiger partial charge in [0.2, 0.25) is 0 Å². The lowest BCUT2D eigenvalue weighted by molar-refractivity contribution is -0.131. The Labute approximate surface area is 141 Å². The molecule has 0 saturated carbocycles. The monoisotopic (exact) mass is 354 g/mol. The Hall–Kier alpha value is -2.37. The Kier molecular flexibility index (Phi) is 5.73. The van der Waals surface area contributed by atoms with Crippen LogP contribution < -0.4 is 9.47 Å². The largest absolute Gasteiger partial charge is 0.420 e. The first-order chi connectivity index (χ1) is 11.0. The average Bonchev–Trinajstić information content (AvgIpc) is 2.51. The molecule has 0 fully saturated rings. The van der Waals surface area contributed by atoms with Gasteiger partial charge in [0.15, 0.2) is 17.3 Å². The maximum atomic E-state index is 13.3. The molecule has 0 aliphatic heterocycles. The smallest absolute Gasteiger partial charge is 0.336 e. The molecule has 0 saturated heterocycles. The SMILES string of the molecule is O=C(/C=C/C(=O)Oc1c(Cl)cccc1Cl)Oc1ccccc1F. The quantitative estimate of drug-likeness (QED) is 0.469. The van der Waals surface area contributed by atoms with Gasteiger partial charge in [0.05, 0.1) is 10.0 Å². The summed E-state index contributed by atoms with van der Waals surface area (Å²) in [5.74, 6) is -2.78. The second-order valence-corrected chi connectivity index (χ2v) is 4.97. The number of benzene rings is 2. The topological polar surface area (TPSA) is 52.6 Å². The van der Waals surface area contributed by atoms with E-state index in [0.717, 1.165) is 18.2 Å². The van der Waals surface area contributed by atoms with Crippen LogP contribution in [0.15, 0.2) is 54.6 Å². The van der Waals surface area contributed by atoms with Crippen molar-refractivity contribution >= 4 is 35.1 Å². The molecular formula is C16H9Cl2FO4. The van der Waals surface area contributed by atoms with Crippen LogP contribution in [0.5, 0.6) is 11.5 Å². The molecule has 0 heterocycles. The van der Waals surface area contributed by atoms with E-state index in [-0.39, 0.29) is 21.5 Å². The van der Waals surface area contributed by atoms with E-state index < -0.39 is 17.8 Å². The van der Waals surface area contributed by atoms with Gasteiger partial charge in [-0.2, -0.15) is 0 Å². The Morgan fingerprint density at radius 1 is 0.870 bits per heavy atom. The van der Waals surface area contributed by atoms with Crippen LogP contribution in [0.4, 0.5) is 4.39 Å². The van der Waals surface area contributed by atoms with Crippen molar-refractivity contribution in [2.24, 2.45) is 0 Å². The molecular weight excluding hydrogens is 346 g/mol. The Bertz CT molecular complexity index is 754. The van der Waals surface area contributed by atoms with Crippen molar-refractivity contribution in [3.05, 3.63) is 70.5 Å². The highest BCUT2D eigenvalue weighted by Crippen LogP contribution is 2.32. The summed E-state index contributed by atoms with van der Waals surface area (Å²) in [4.78, 5) is 23.2. The van der Waals surface area contributed by atoms with E-state index in [2.05, 4.69) is 0 Å². The van der Waals surface area contributed by atoms with E-state index in [0.29, 0.717) is 0 Å². The number of carbonyl (C=O) groups excluding carboxylic acids is 2. The van der Waals surface area contributed by atoms with Crippen LogP contribution >= 0.6 is 23.2 Å². The summed E-state index contributed by atoms with van der Waals surface area (Å²) < 4.78 is 23.0. The van der Waals surface area contributed by atoms with Gasteiger partial charge in [0.25, 0.3) is 0 Å². The molecule has 0 aliphatic rings. The van der Waals surface area contributed by atoms with E-state index in [1.54, 1.807) is 6.07 Å². The molecule has 7 heteroatoms. The summed E-state index contributed by atoms with van der Waals surface area (Å²) in [6, 6.07) is 9.95. The van der Waals surface area contributed by atoms with E-state index in [4.69, 9.17) is 32.7 Å². The molecule has 2 aromatic rings. The Balaban J connectivity index is 1.98. The molecule has 0 N–H and O–H groups in total. The number of ether oxygens (including phenoxy) is 2. The van der Waals surface area contributed by atoms with Gasteiger partial charge in [-0.15, -0.1) is 0 Å². The van der Waals surface area contributed by atoms with Gasteiger partial charge in [-0.25, -0.2) is 14.0 Å². The number of hydrogen-bond donors (Lipinski definition) is 0. The minimum Gasteiger partial charge on any atom is -0.420 e. The molecule has 0 bridgehead atoms. The summed E-state index contributed by atoms with van der Waals surface area (Å²) >= 11 is 11.7. The molecule has 0 radical (unpaired) electrons. The van der Waals surface area contributed by atoms with Gasteiger partial charge in [-0.1, -0.05) is 41.4 Å². The fourth-order valence-corrected chi connectivity index (χ4v) is 2.00. The average molecular weight is 355 g/mol. The Morgan fingerprint density at radius 3 is 2.04 bits per heavy atom. The van der Waals surface area contributed by atoms with Gasteiger partial charge in [0.1, 0.15) is 0 Å². The zero-order valence-corrected chi connectivity index (χ0v) is 13.0. The summed E-state index contributed by atoms with van der Waals surface area (Å²) in [6.07, 6.45) is 1.63. The van der Waals surface area contributed by atoms with E-state index in [9.17, 15) is 14.0 Å². The van der Waals surface area contributed by atoms with E-state index >= 15 is 0 Å². The highest BCUT2D eigenvalue weighted by Gasteiger charge is 2.11. The standard InChI is InChI=1S/C16H9Cl2FO4/c17-10-4-3-5-11(18)16(10)23-15(21)9-8-14(20)22-13-7-2-1-6-12(13)19/h1-9H/b9-8+. The highest BCUT2D eigenvalue weighted by atomic mass is 35.5. The summed E-state index contributed by atoms with van der Waals surface area (Å²) in [6.45, 7) is 0. The molecule has 0 unspecified atom stereocenters. The predicted octanol–water partition coefficient (Wildman–Crippen LogP) is 4.20. The second-order valence-electron chi connectivity index (χ2n) is 4.16. The minimum absolute atomic E-state index is 0.0204. The zero-order valence-electron chi connectivity index (χ0n) is 11.5. The first-order valence-corrected chi connectivity index (χ1v) is 7.03. The molecule has 0 spiro atoms. The number of hydrogen-bond acceptors (Lipinski definition) is 4. The highest BCUT2D eigenvalue weighted by molar-refractivity contribution is 6.37. The van der Waals surface area contributed by atoms with Crippen LogP contribution in [0, 0.1) is 5.82 Å². The molecule has 0 aromatic heterocycles.